The molecule has 0 spiro atoms. The molecule has 0 unspecified atom stereocenters. The fraction of sp³-hybridized carbons (Fsp3) is 0. The van der Waals surface area contributed by atoms with Gasteiger partial charge in [0.2, 0.25) is 0 Å². The van der Waals surface area contributed by atoms with Crippen molar-refractivity contribution in [3.63, 3.8) is 0 Å². The molecule has 1 aromatic heterocycles. The molecule has 0 saturated carbocycles. The number of carbonyl (C=O) groups is 1. The van der Waals surface area contributed by atoms with Gasteiger partial charge in [0.15, 0.2) is 6.29 Å². The monoisotopic (exact) mass is 250 g/mol. The molecule has 92 valence electrons. The first kappa shape index (κ1) is 11.3. The standard InChI is InChI=1S/C15H10N2O2/c18-10-11-8-16-15(17-9-11)19-14-6-5-12-3-1-2-4-13(12)7-14/h1-10H. The van der Waals surface area contributed by atoms with Gasteiger partial charge in [-0.2, -0.15) is 0 Å². The molecule has 0 aliphatic carbocycles. The highest BCUT2D eigenvalue weighted by Crippen LogP contribution is 2.23. The molecular formula is C15H10N2O2. The van der Waals surface area contributed by atoms with Gasteiger partial charge in [-0.3, -0.25) is 4.79 Å². The van der Waals surface area contributed by atoms with E-state index in [1.807, 2.05) is 42.5 Å². The average Bonchev–Trinajstić information content (AvgIpc) is 2.48. The molecule has 3 rings (SSSR count). The number of aromatic nitrogens is 2. The van der Waals surface area contributed by atoms with Gasteiger partial charge in [-0.05, 0) is 22.9 Å². The summed E-state index contributed by atoms with van der Waals surface area (Å²) in [5.41, 5.74) is 0.422. The van der Waals surface area contributed by atoms with Crippen molar-refractivity contribution in [3.8, 4) is 11.8 Å². The second-order valence-corrected chi connectivity index (χ2v) is 4.03. The zero-order valence-electron chi connectivity index (χ0n) is 9.98. The minimum absolute atomic E-state index is 0.223. The number of ether oxygens (including phenoxy) is 1. The second kappa shape index (κ2) is 4.86. The van der Waals surface area contributed by atoms with E-state index in [2.05, 4.69) is 9.97 Å². The minimum atomic E-state index is 0.223. The van der Waals surface area contributed by atoms with Crippen molar-refractivity contribution in [3.05, 3.63) is 60.4 Å². The van der Waals surface area contributed by atoms with Gasteiger partial charge in [0.05, 0.1) is 5.56 Å². The van der Waals surface area contributed by atoms with Gasteiger partial charge in [-0.15, -0.1) is 0 Å². The molecule has 1 heterocycles. The van der Waals surface area contributed by atoms with Crippen LogP contribution in [-0.4, -0.2) is 16.3 Å². The number of nitrogens with zero attached hydrogens (tertiary/aromatic N) is 2. The first-order chi connectivity index (χ1) is 9.35. The molecule has 4 heteroatoms. The Morgan fingerprint density at radius 2 is 1.68 bits per heavy atom. The van der Waals surface area contributed by atoms with Crippen molar-refractivity contribution in [2.24, 2.45) is 0 Å². The third-order valence-electron chi connectivity index (χ3n) is 2.71. The van der Waals surface area contributed by atoms with Crippen LogP contribution in [0.5, 0.6) is 11.8 Å². The Hall–Kier alpha value is -2.75. The van der Waals surface area contributed by atoms with Gasteiger partial charge >= 0.3 is 6.01 Å². The van der Waals surface area contributed by atoms with Gasteiger partial charge < -0.3 is 4.74 Å². The number of hydrogen-bond acceptors (Lipinski definition) is 4. The van der Waals surface area contributed by atoms with E-state index < -0.39 is 0 Å². The van der Waals surface area contributed by atoms with Crippen LogP contribution in [-0.2, 0) is 0 Å². The molecule has 0 amide bonds. The van der Waals surface area contributed by atoms with Crippen molar-refractivity contribution in [2.75, 3.05) is 0 Å². The first-order valence-corrected chi connectivity index (χ1v) is 5.79. The number of benzene rings is 2. The summed E-state index contributed by atoms with van der Waals surface area (Å²) in [4.78, 5) is 18.4. The summed E-state index contributed by atoms with van der Waals surface area (Å²) in [6.07, 6.45) is 3.55. The molecule has 0 saturated heterocycles. The van der Waals surface area contributed by atoms with Crippen molar-refractivity contribution >= 4 is 17.1 Å². The van der Waals surface area contributed by atoms with Crippen LogP contribution in [0.2, 0.25) is 0 Å². The molecule has 3 aromatic rings. The highest BCUT2D eigenvalue weighted by Gasteiger charge is 2.02. The second-order valence-electron chi connectivity index (χ2n) is 4.03. The van der Waals surface area contributed by atoms with Crippen LogP contribution in [0, 0.1) is 0 Å². The number of rotatable bonds is 3. The highest BCUT2D eigenvalue weighted by molar-refractivity contribution is 5.83. The Balaban J connectivity index is 1.89. The molecule has 0 N–H and O–H groups in total. The lowest BCUT2D eigenvalue weighted by Gasteiger charge is -2.04. The van der Waals surface area contributed by atoms with Crippen LogP contribution < -0.4 is 4.74 Å². The predicted molar refractivity (Wildman–Crippen MR) is 71.4 cm³/mol. The highest BCUT2D eigenvalue weighted by atomic mass is 16.5. The van der Waals surface area contributed by atoms with Gasteiger partial charge in [0.1, 0.15) is 5.75 Å². The van der Waals surface area contributed by atoms with Gasteiger partial charge in [-0.25, -0.2) is 9.97 Å². The number of fused-ring (bicyclic) bond motifs is 1. The van der Waals surface area contributed by atoms with Crippen molar-refractivity contribution in [1.82, 2.24) is 9.97 Å². The van der Waals surface area contributed by atoms with Crippen molar-refractivity contribution in [1.29, 1.82) is 0 Å². The Kier molecular flexibility index (Phi) is 2.90. The zero-order chi connectivity index (χ0) is 13.1. The van der Waals surface area contributed by atoms with Gasteiger partial charge in [0, 0.05) is 12.4 Å². The summed E-state index contributed by atoms with van der Waals surface area (Å²) < 4.78 is 5.55. The zero-order valence-corrected chi connectivity index (χ0v) is 9.98. The van der Waals surface area contributed by atoms with E-state index in [0.717, 1.165) is 10.8 Å². The molecule has 0 aliphatic rings. The summed E-state index contributed by atoms with van der Waals surface area (Å²) in [5, 5.41) is 2.23. The van der Waals surface area contributed by atoms with E-state index in [0.29, 0.717) is 17.6 Å². The molecule has 0 atom stereocenters. The number of hydrogen-bond donors (Lipinski definition) is 0. The van der Waals surface area contributed by atoms with Crippen LogP contribution in [0.3, 0.4) is 0 Å². The van der Waals surface area contributed by atoms with E-state index >= 15 is 0 Å². The van der Waals surface area contributed by atoms with Crippen LogP contribution in [0.15, 0.2) is 54.9 Å². The fourth-order valence-corrected chi connectivity index (χ4v) is 1.78. The van der Waals surface area contributed by atoms with E-state index in [9.17, 15) is 4.79 Å². The molecule has 0 aliphatic heterocycles. The largest absolute Gasteiger partial charge is 0.424 e. The smallest absolute Gasteiger partial charge is 0.321 e. The third-order valence-corrected chi connectivity index (χ3v) is 2.71. The quantitative estimate of drug-likeness (QED) is 0.669. The van der Waals surface area contributed by atoms with Gasteiger partial charge in [0.25, 0.3) is 0 Å². The van der Waals surface area contributed by atoms with Gasteiger partial charge in [-0.1, -0.05) is 30.3 Å². The molecule has 2 aromatic carbocycles. The molecular weight excluding hydrogens is 240 g/mol. The molecule has 0 fully saturated rings. The Bertz CT molecular complexity index is 724. The van der Waals surface area contributed by atoms with Crippen LogP contribution in [0.4, 0.5) is 0 Å². The maximum absolute atomic E-state index is 10.5. The Morgan fingerprint density at radius 3 is 2.42 bits per heavy atom. The summed E-state index contributed by atoms with van der Waals surface area (Å²) in [6, 6.07) is 14.0. The first-order valence-electron chi connectivity index (χ1n) is 5.79. The SMILES string of the molecule is O=Cc1cnc(Oc2ccc3ccccc3c2)nc1. The maximum Gasteiger partial charge on any atom is 0.321 e. The number of aldehydes is 1. The van der Waals surface area contributed by atoms with E-state index in [1.54, 1.807) is 0 Å². The van der Waals surface area contributed by atoms with Crippen LogP contribution >= 0.6 is 0 Å². The fourth-order valence-electron chi connectivity index (χ4n) is 1.78. The predicted octanol–water partition coefficient (Wildman–Crippen LogP) is 3.23. The van der Waals surface area contributed by atoms with Crippen LogP contribution in [0.1, 0.15) is 10.4 Å². The summed E-state index contributed by atoms with van der Waals surface area (Å²) in [7, 11) is 0. The topological polar surface area (TPSA) is 52.1 Å². The lowest BCUT2D eigenvalue weighted by molar-refractivity contribution is 0.112. The van der Waals surface area contributed by atoms with Crippen LogP contribution in [0.25, 0.3) is 10.8 Å². The molecule has 0 bridgehead atoms. The third kappa shape index (κ3) is 2.42. The summed E-state index contributed by atoms with van der Waals surface area (Å²) >= 11 is 0. The summed E-state index contributed by atoms with van der Waals surface area (Å²) in [6.45, 7) is 0. The van der Waals surface area contributed by atoms with E-state index in [1.165, 1.54) is 12.4 Å². The lowest BCUT2D eigenvalue weighted by atomic mass is 10.1. The Labute approximate surface area is 109 Å². The lowest BCUT2D eigenvalue weighted by Crippen LogP contribution is -1.93. The normalized spacial score (nSPS) is 10.3. The van der Waals surface area contributed by atoms with Crippen molar-refractivity contribution < 1.29 is 9.53 Å². The molecule has 19 heavy (non-hydrogen) atoms. The van der Waals surface area contributed by atoms with E-state index in [-0.39, 0.29) is 6.01 Å². The molecule has 4 nitrogen and oxygen atoms in total. The number of carbonyl (C=O) groups excluding carboxylic acids is 1. The minimum Gasteiger partial charge on any atom is -0.424 e. The van der Waals surface area contributed by atoms with Crippen molar-refractivity contribution in [2.45, 2.75) is 0 Å². The maximum atomic E-state index is 10.5. The average molecular weight is 250 g/mol. The Morgan fingerprint density at radius 1 is 0.947 bits per heavy atom. The van der Waals surface area contributed by atoms with E-state index in [4.69, 9.17) is 4.74 Å². The summed E-state index contributed by atoms with van der Waals surface area (Å²) in [5.74, 6) is 0.664. The molecule has 0 radical (unpaired) electrons.